The molecule has 1 atom stereocenters. The summed E-state index contributed by atoms with van der Waals surface area (Å²) in [7, 11) is -3.54. The third-order valence-electron chi connectivity index (χ3n) is 3.50. The molecule has 0 saturated heterocycles. The number of hydrogen-bond acceptors (Lipinski definition) is 2. The highest BCUT2D eigenvalue weighted by molar-refractivity contribution is 7.89. The van der Waals surface area contributed by atoms with Crippen LogP contribution in [0.25, 0.3) is 0 Å². The van der Waals surface area contributed by atoms with Crippen molar-refractivity contribution < 1.29 is 8.42 Å². The Morgan fingerprint density at radius 3 is 2.00 bits per heavy atom. The molecule has 0 radical (unpaired) electrons. The van der Waals surface area contributed by atoms with Gasteiger partial charge in [-0.15, -0.1) is 0 Å². The summed E-state index contributed by atoms with van der Waals surface area (Å²) in [6, 6.07) is 13.1. The van der Waals surface area contributed by atoms with Gasteiger partial charge in [-0.25, -0.2) is 13.1 Å². The van der Waals surface area contributed by atoms with Crippen molar-refractivity contribution in [2.45, 2.75) is 38.6 Å². The van der Waals surface area contributed by atoms with Crippen LogP contribution in [0.3, 0.4) is 0 Å². The van der Waals surface area contributed by atoms with E-state index in [1.54, 1.807) is 0 Å². The molecule has 1 unspecified atom stereocenters. The van der Waals surface area contributed by atoms with E-state index >= 15 is 0 Å². The van der Waals surface area contributed by atoms with Crippen LogP contribution < -0.4 is 4.72 Å². The van der Waals surface area contributed by atoms with Gasteiger partial charge >= 0.3 is 0 Å². The van der Waals surface area contributed by atoms with Crippen LogP contribution in [0.5, 0.6) is 0 Å². The number of nitrogens with one attached hydrogen (secondary N) is 1. The van der Waals surface area contributed by atoms with E-state index in [-0.39, 0.29) is 6.04 Å². The molecule has 0 spiro atoms. The first-order valence-corrected chi connectivity index (χ1v) is 8.44. The number of rotatable bonds is 4. The lowest BCUT2D eigenvalue weighted by molar-refractivity contribution is 0.565. The van der Waals surface area contributed by atoms with Crippen LogP contribution in [0.1, 0.15) is 35.2 Å². The first-order valence-electron chi connectivity index (χ1n) is 6.96. The first-order chi connectivity index (χ1) is 9.81. The molecule has 112 valence electrons. The number of hydrogen-bond donors (Lipinski definition) is 1. The van der Waals surface area contributed by atoms with Crippen molar-refractivity contribution in [3.8, 4) is 0 Å². The van der Waals surface area contributed by atoms with Gasteiger partial charge in [0.15, 0.2) is 0 Å². The molecule has 0 fully saturated rings. The van der Waals surface area contributed by atoms with E-state index in [0.29, 0.717) is 4.90 Å². The zero-order valence-electron chi connectivity index (χ0n) is 12.8. The normalized spacial score (nSPS) is 13.1. The molecular weight excluding hydrogens is 282 g/mol. The number of aryl methyl sites for hydroxylation is 3. The van der Waals surface area contributed by atoms with Gasteiger partial charge in [-0.3, -0.25) is 0 Å². The van der Waals surface area contributed by atoms with Crippen LogP contribution in [0, 0.1) is 20.8 Å². The summed E-state index contributed by atoms with van der Waals surface area (Å²) in [5.41, 5.74) is 3.57. The minimum absolute atomic E-state index is 0.267. The number of sulfonamides is 1. The second-order valence-electron chi connectivity index (χ2n) is 5.48. The summed E-state index contributed by atoms with van der Waals surface area (Å²) in [6.07, 6.45) is 0. The van der Waals surface area contributed by atoms with Crippen molar-refractivity contribution in [1.29, 1.82) is 0 Å². The van der Waals surface area contributed by atoms with Crippen LogP contribution in [-0.4, -0.2) is 8.42 Å². The Labute approximate surface area is 127 Å². The minimum atomic E-state index is -3.54. The van der Waals surface area contributed by atoms with Crippen molar-refractivity contribution in [3.05, 3.63) is 64.7 Å². The molecule has 3 nitrogen and oxygen atoms in total. The highest BCUT2D eigenvalue weighted by atomic mass is 32.2. The molecule has 0 aliphatic carbocycles. The van der Waals surface area contributed by atoms with Crippen molar-refractivity contribution in [2.24, 2.45) is 0 Å². The largest absolute Gasteiger partial charge is 0.241 e. The van der Waals surface area contributed by atoms with Crippen molar-refractivity contribution in [2.75, 3.05) is 0 Å². The Bertz CT molecular complexity index is 714. The Morgan fingerprint density at radius 2 is 1.48 bits per heavy atom. The molecule has 0 aliphatic heterocycles. The van der Waals surface area contributed by atoms with E-state index in [9.17, 15) is 8.42 Å². The van der Waals surface area contributed by atoms with Crippen LogP contribution in [0.4, 0.5) is 0 Å². The molecule has 0 bridgehead atoms. The van der Waals surface area contributed by atoms with E-state index in [1.807, 2.05) is 70.2 Å². The SMILES string of the molecule is Cc1cc(C)c(S(=O)(=O)NC(C)c2ccccc2)c(C)c1. The molecule has 0 amide bonds. The quantitative estimate of drug-likeness (QED) is 0.937. The lowest BCUT2D eigenvalue weighted by Gasteiger charge is -2.17. The highest BCUT2D eigenvalue weighted by Crippen LogP contribution is 2.23. The van der Waals surface area contributed by atoms with Gasteiger partial charge in [0.05, 0.1) is 4.90 Å². The molecule has 2 aromatic rings. The van der Waals surface area contributed by atoms with Gasteiger partial charge in [0.25, 0.3) is 0 Å². The second-order valence-corrected chi connectivity index (χ2v) is 7.13. The summed E-state index contributed by atoms with van der Waals surface area (Å²) in [4.78, 5) is 0.385. The summed E-state index contributed by atoms with van der Waals surface area (Å²) in [6.45, 7) is 7.49. The summed E-state index contributed by atoms with van der Waals surface area (Å²) >= 11 is 0. The van der Waals surface area contributed by atoms with E-state index < -0.39 is 10.0 Å². The molecule has 0 aliphatic rings. The van der Waals surface area contributed by atoms with Gasteiger partial charge in [-0.2, -0.15) is 0 Å². The molecule has 1 N–H and O–H groups in total. The second kappa shape index (κ2) is 6.00. The van der Waals surface area contributed by atoms with Gasteiger partial charge in [0, 0.05) is 6.04 Å². The maximum atomic E-state index is 12.7. The molecule has 0 aromatic heterocycles. The standard InChI is InChI=1S/C17H21NO2S/c1-12-10-13(2)17(14(3)11-12)21(19,20)18-15(4)16-8-6-5-7-9-16/h5-11,15,18H,1-4H3. The maximum Gasteiger partial charge on any atom is 0.241 e. The molecule has 2 rings (SSSR count). The fourth-order valence-electron chi connectivity index (χ4n) is 2.69. The van der Waals surface area contributed by atoms with E-state index in [1.165, 1.54) is 0 Å². The van der Waals surface area contributed by atoms with Crippen LogP contribution in [-0.2, 0) is 10.0 Å². The summed E-state index contributed by atoms with van der Waals surface area (Å²) < 4.78 is 28.1. The van der Waals surface area contributed by atoms with E-state index in [4.69, 9.17) is 0 Å². The molecule has 2 aromatic carbocycles. The predicted octanol–water partition coefficient (Wildman–Crippen LogP) is 3.65. The highest BCUT2D eigenvalue weighted by Gasteiger charge is 2.22. The van der Waals surface area contributed by atoms with Crippen LogP contribution >= 0.6 is 0 Å². The minimum Gasteiger partial charge on any atom is -0.207 e. The zero-order valence-corrected chi connectivity index (χ0v) is 13.7. The zero-order chi connectivity index (χ0) is 15.6. The van der Waals surface area contributed by atoms with Gasteiger partial charge in [0.1, 0.15) is 0 Å². The topological polar surface area (TPSA) is 46.2 Å². The van der Waals surface area contributed by atoms with Gasteiger partial charge in [-0.05, 0) is 44.4 Å². The van der Waals surface area contributed by atoms with E-state index in [0.717, 1.165) is 22.3 Å². The van der Waals surface area contributed by atoms with E-state index in [2.05, 4.69) is 4.72 Å². The average Bonchev–Trinajstić information content (AvgIpc) is 2.37. The molecule has 21 heavy (non-hydrogen) atoms. The van der Waals surface area contributed by atoms with Crippen LogP contribution in [0.2, 0.25) is 0 Å². The van der Waals surface area contributed by atoms with Crippen molar-refractivity contribution in [3.63, 3.8) is 0 Å². The molecular formula is C17H21NO2S. The Morgan fingerprint density at radius 1 is 0.952 bits per heavy atom. The van der Waals surface area contributed by atoms with Crippen molar-refractivity contribution >= 4 is 10.0 Å². The monoisotopic (exact) mass is 303 g/mol. The lowest BCUT2D eigenvalue weighted by atomic mass is 10.1. The summed E-state index contributed by atoms with van der Waals surface area (Å²) in [5.74, 6) is 0. The van der Waals surface area contributed by atoms with Gasteiger partial charge < -0.3 is 0 Å². The number of benzene rings is 2. The maximum absolute atomic E-state index is 12.7. The van der Waals surface area contributed by atoms with Crippen LogP contribution in [0.15, 0.2) is 47.4 Å². The molecule has 0 heterocycles. The molecule has 4 heteroatoms. The smallest absolute Gasteiger partial charge is 0.207 e. The Kier molecular flexibility index (Phi) is 4.49. The van der Waals surface area contributed by atoms with Gasteiger partial charge in [-0.1, -0.05) is 48.0 Å². The third-order valence-corrected chi connectivity index (χ3v) is 5.35. The predicted molar refractivity (Wildman–Crippen MR) is 85.8 cm³/mol. The lowest BCUT2D eigenvalue weighted by Crippen LogP contribution is -2.28. The average molecular weight is 303 g/mol. The molecule has 0 saturated carbocycles. The Hall–Kier alpha value is -1.65. The van der Waals surface area contributed by atoms with Crippen molar-refractivity contribution in [1.82, 2.24) is 4.72 Å². The fourth-order valence-corrected chi connectivity index (χ4v) is 4.38. The van der Waals surface area contributed by atoms with Gasteiger partial charge in [0.2, 0.25) is 10.0 Å². The fraction of sp³-hybridized carbons (Fsp3) is 0.294. The first kappa shape index (κ1) is 15.7. The third kappa shape index (κ3) is 3.52. The Balaban J connectivity index is 2.36. The summed E-state index contributed by atoms with van der Waals surface area (Å²) in [5, 5.41) is 0.